The van der Waals surface area contributed by atoms with Gasteiger partial charge in [0, 0.05) is 6.20 Å². The van der Waals surface area contributed by atoms with Gasteiger partial charge in [0.2, 0.25) is 0 Å². The molecule has 2 heterocycles. The molecular formula is C7H4N2O5S. The number of pyridine rings is 1. The molecule has 15 heavy (non-hydrogen) atoms. The Morgan fingerprint density at radius 2 is 2.13 bits per heavy atom. The molecule has 0 aromatic carbocycles. The highest BCUT2D eigenvalue weighted by atomic mass is 32.2. The molecule has 8 heteroatoms. The summed E-state index contributed by atoms with van der Waals surface area (Å²) >= 11 is 0. The minimum Gasteiger partial charge on any atom is -0.478 e. The second-order valence-electron chi connectivity index (χ2n) is 2.81. The standard InChI is InChI=1S/C7H4N2O5S/c10-6-5-4(15(13,14)9-6)1-3(2-8-5)7(11)12/h1-2H,(H,9,10)(H,11,12). The zero-order chi connectivity index (χ0) is 11.2. The molecule has 1 aliphatic rings. The molecule has 0 radical (unpaired) electrons. The fraction of sp³-hybridized carbons (Fsp3) is 0. The summed E-state index contributed by atoms with van der Waals surface area (Å²) in [4.78, 5) is 24.7. The van der Waals surface area contributed by atoms with Gasteiger partial charge in [0.05, 0.1) is 5.56 Å². The predicted octanol–water partition coefficient (Wildman–Crippen LogP) is -0.788. The van der Waals surface area contributed by atoms with Crippen molar-refractivity contribution in [2.24, 2.45) is 0 Å². The first kappa shape index (κ1) is 9.59. The average Bonchev–Trinajstić information content (AvgIpc) is 2.37. The van der Waals surface area contributed by atoms with Crippen LogP contribution in [0.2, 0.25) is 0 Å². The van der Waals surface area contributed by atoms with Crippen LogP contribution < -0.4 is 4.72 Å². The number of rotatable bonds is 1. The molecule has 0 spiro atoms. The van der Waals surface area contributed by atoms with Gasteiger partial charge in [-0.2, -0.15) is 0 Å². The number of carboxylic acids is 1. The van der Waals surface area contributed by atoms with E-state index in [4.69, 9.17) is 5.11 Å². The molecule has 1 aromatic rings. The van der Waals surface area contributed by atoms with Gasteiger partial charge in [-0.05, 0) is 6.07 Å². The third-order valence-electron chi connectivity index (χ3n) is 1.83. The maximum atomic E-state index is 11.3. The van der Waals surface area contributed by atoms with Gasteiger partial charge in [0.25, 0.3) is 15.9 Å². The van der Waals surface area contributed by atoms with Crippen LogP contribution in [-0.2, 0) is 10.0 Å². The number of carbonyl (C=O) groups is 2. The van der Waals surface area contributed by atoms with E-state index in [0.717, 1.165) is 12.3 Å². The van der Waals surface area contributed by atoms with Crippen molar-refractivity contribution in [3.05, 3.63) is 23.5 Å². The van der Waals surface area contributed by atoms with E-state index in [2.05, 4.69) is 4.98 Å². The summed E-state index contributed by atoms with van der Waals surface area (Å²) in [5.74, 6) is -2.15. The van der Waals surface area contributed by atoms with Crippen LogP contribution in [0.25, 0.3) is 0 Å². The Balaban J connectivity index is 2.73. The van der Waals surface area contributed by atoms with E-state index in [-0.39, 0.29) is 11.3 Å². The highest BCUT2D eigenvalue weighted by Gasteiger charge is 2.34. The molecule has 7 nitrogen and oxygen atoms in total. The van der Waals surface area contributed by atoms with E-state index in [1.165, 1.54) is 0 Å². The molecule has 0 unspecified atom stereocenters. The van der Waals surface area contributed by atoms with Gasteiger partial charge in [-0.1, -0.05) is 0 Å². The van der Waals surface area contributed by atoms with Crippen LogP contribution in [0, 0.1) is 0 Å². The molecule has 0 saturated carbocycles. The minimum absolute atomic E-state index is 0.278. The Bertz CT molecular complexity index is 577. The number of hydrogen-bond acceptors (Lipinski definition) is 5. The number of nitrogens with zero attached hydrogens (tertiary/aromatic N) is 1. The molecule has 1 aliphatic heterocycles. The minimum atomic E-state index is -3.94. The molecule has 0 aliphatic carbocycles. The van der Waals surface area contributed by atoms with E-state index in [9.17, 15) is 18.0 Å². The second-order valence-corrected chi connectivity index (χ2v) is 4.46. The Hall–Kier alpha value is -1.96. The van der Waals surface area contributed by atoms with Crippen LogP contribution in [-0.4, -0.2) is 30.4 Å². The zero-order valence-corrected chi connectivity index (χ0v) is 7.91. The Labute approximate surface area is 83.8 Å². The van der Waals surface area contributed by atoms with E-state index >= 15 is 0 Å². The second kappa shape index (κ2) is 2.76. The lowest BCUT2D eigenvalue weighted by Gasteiger charge is -1.96. The fourth-order valence-corrected chi connectivity index (χ4v) is 2.30. The number of fused-ring (bicyclic) bond motifs is 1. The van der Waals surface area contributed by atoms with Crippen LogP contribution in [0.5, 0.6) is 0 Å². The van der Waals surface area contributed by atoms with Crippen molar-refractivity contribution in [3.8, 4) is 0 Å². The van der Waals surface area contributed by atoms with Crippen molar-refractivity contribution in [2.45, 2.75) is 4.90 Å². The summed E-state index contributed by atoms with van der Waals surface area (Å²) in [7, 11) is -3.94. The monoisotopic (exact) mass is 228 g/mol. The maximum absolute atomic E-state index is 11.3. The van der Waals surface area contributed by atoms with Gasteiger partial charge in [-0.15, -0.1) is 0 Å². The molecular weight excluding hydrogens is 224 g/mol. The van der Waals surface area contributed by atoms with E-state index in [1.807, 2.05) is 0 Å². The summed E-state index contributed by atoms with van der Waals surface area (Å²) in [6, 6.07) is 0.901. The number of carbonyl (C=O) groups excluding carboxylic acids is 1. The highest BCUT2D eigenvalue weighted by molar-refractivity contribution is 7.90. The average molecular weight is 228 g/mol. The third-order valence-corrected chi connectivity index (χ3v) is 3.18. The lowest BCUT2D eigenvalue weighted by Crippen LogP contribution is -2.20. The number of amides is 1. The first-order valence-electron chi connectivity index (χ1n) is 3.72. The lowest BCUT2D eigenvalue weighted by molar-refractivity contribution is 0.0695. The molecule has 0 fully saturated rings. The largest absolute Gasteiger partial charge is 0.478 e. The van der Waals surface area contributed by atoms with Gasteiger partial charge in [-0.3, -0.25) is 4.79 Å². The van der Waals surface area contributed by atoms with Crippen LogP contribution in [0.4, 0.5) is 0 Å². The van der Waals surface area contributed by atoms with Crippen molar-refractivity contribution in [1.82, 2.24) is 9.71 Å². The Kier molecular flexibility index (Phi) is 1.77. The zero-order valence-electron chi connectivity index (χ0n) is 7.09. The predicted molar refractivity (Wildman–Crippen MR) is 45.8 cm³/mol. The summed E-state index contributed by atoms with van der Waals surface area (Å²) in [6.45, 7) is 0. The van der Waals surface area contributed by atoms with Crippen molar-refractivity contribution in [2.75, 3.05) is 0 Å². The molecule has 0 atom stereocenters. The molecule has 78 valence electrons. The summed E-state index contributed by atoms with van der Waals surface area (Å²) in [5, 5.41) is 8.61. The van der Waals surface area contributed by atoms with Crippen molar-refractivity contribution in [1.29, 1.82) is 0 Å². The van der Waals surface area contributed by atoms with Crippen LogP contribution >= 0.6 is 0 Å². The van der Waals surface area contributed by atoms with E-state index in [0.29, 0.717) is 0 Å². The van der Waals surface area contributed by atoms with Crippen LogP contribution in [0.15, 0.2) is 17.2 Å². The van der Waals surface area contributed by atoms with Crippen molar-refractivity contribution < 1.29 is 23.1 Å². The van der Waals surface area contributed by atoms with Gasteiger partial charge < -0.3 is 5.11 Å². The summed E-state index contributed by atoms with van der Waals surface area (Å²) < 4.78 is 24.2. The molecule has 0 saturated heterocycles. The first-order valence-corrected chi connectivity index (χ1v) is 5.20. The molecule has 2 rings (SSSR count). The summed E-state index contributed by atoms with van der Waals surface area (Å²) in [5.41, 5.74) is -0.561. The Morgan fingerprint density at radius 3 is 2.73 bits per heavy atom. The lowest BCUT2D eigenvalue weighted by atomic mass is 10.2. The fourth-order valence-electron chi connectivity index (χ4n) is 1.16. The highest BCUT2D eigenvalue weighted by Crippen LogP contribution is 2.21. The van der Waals surface area contributed by atoms with Crippen molar-refractivity contribution >= 4 is 21.9 Å². The normalized spacial score (nSPS) is 16.9. The SMILES string of the molecule is O=C(O)c1cnc2c(c1)S(=O)(=O)NC2=O. The number of aromatic nitrogens is 1. The van der Waals surface area contributed by atoms with Gasteiger partial charge in [0.1, 0.15) is 10.6 Å². The van der Waals surface area contributed by atoms with Gasteiger partial charge >= 0.3 is 5.97 Å². The van der Waals surface area contributed by atoms with E-state index < -0.39 is 26.8 Å². The Morgan fingerprint density at radius 1 is 1.47 bits per heavy atom. The van der Waals surface area contributed by atoms with Crippen LogP contribution in [0.1, 0.15) is 20.8 Å². The number of sulfonamides is 1. The van der Waals surface area contributed by atoms with E-state index in [1.54, 1.807) is 4.72 Å². The van der Waals surface area contributed by atoms with Crippen LogP contribution in [0.3, 0.4) is 0 Å². The van der Waals surface area contributed by atoms with Gasteiger partial charge in [-0.25, -0.2) is 22.9 Å². The molecule has 2 N–H and O–H groups in total. The first-order chi connectivity index (χ1) is 6.92. The number of aromatic carboxylic acids is 1. The molecule has 1 amide bonds. The topological polar surface area (TPSA) is 113 Å². The maximum Gasteiger partial charge on any atom is 0.337 e. The number of carboxylic acid groups (broad SMARTS) is 1. The number of nitrogens with one attached hydrogen (secondary N) is 1. The van der Waals surface area contributed by atoms with Crippen molar-refractivity contribution in [3.63, 3.8) is 0 Å². The smallest absolute Gasteiger partial charge is 0.337 e. The third kappa shape index (κ3) is 1.34. The summed E-state index contributed by atoms with van der Waals surface area (Å²) in [6.07, 6.45) is 0.932. The quantitative estimate of drug-likeness (QED) is 0.651. The molecule has 0 bridgehead atoms. The molecule has 1 aromatic heterocycles. The van der Waals surface area contributed by atoms with Gasteiger partial charge in [0.15, 0.2) is 0 Å². The number of hydrogen-bond donors (Lipinski definition) is 2.